The average Bonchev–Trinajstić information content (AvgIpc) is 2.52. The lowest BCUT2D eigenvalue weighted by Crippen LogP contribution is -2.21. The molecule has 0 aliphatic heterocycles. The number of carboxylic acid groups (broad SMARTS) is 1. The number of carboxylic acids is 1. The molecular formula is C17H12O6. The average molecular weight is 312 g/mol. The Labute approximate surface area is 130 Å². The van der Waals surface area contributed by atoms with Gasteiger partial charge in [0, 0.05) is 17.5 Å². The Morgan fingerprint density at radius 2 is 1.52 bits per heavy atom. The van der Waals surface area contributed by atoms with Crippen LogP contribution in [0.15, 0.2) is 30.3 Å². The van der Waals surface area contributed by atoms with E-state index in [1.165, 1.54) is 12.1 Å². The van der Waals surface area contributed by atoms with E-state index in [1.807, 2.05) is 0 Å². The van der Waals surface area contributed by atoms with Crippen LogP contribution in [0, 0.1) is 0 Å². The highest BCUT2D eigenvalue weighted by atomic mass is 16.4. The van der Waals surface area contributed by atoms with Gasteiger partial charge in [-0.15, -0.1) is 0 Å². The van der Waals surface area contributed by atoms with Gasteiger partial charge in [0.2, 0.25) is 0 Å². The number of aliphatic carboxylic acids is 1. The largest absolute Gasteiger partial charge is 0.507 e. The van der Waals surface area contributed by atoms with Crippen LogP contribution < -0.4 is 0 Å². The zero-order valence-corrected chi connectivity index (χ0v) is 11.9. The molecule has 0 heterocycles. The molecule has 0 atom stereocenters. The molecule has 0 bridgehead atoms. The number of carbonyl (C=O) groups is 3. The molecule has 0 fully saturated rings. The van der Waals surface area contributed by atoms with Crippen molar-refractivity contribution in [2.45, 2.75) is 12.8 Å². The fraction of sp³-hybridized carbons (Fsp3) is 0.118. The molecular weight excluding hydrogens is 300 g/mol. The highest BCUT2D eigenvalue weighted by Crippen LogP contribution is 2.40. The fourth-order valence-electron chi connectivity index (χ4n) is 2.74. The Morgan fingerprint density at radius 1 is 0.957 bits per heavy atom. The number of phenols is 2. The van der Waals surface area contributed by atoms with E-state index in [-0.39, 0.29) is 40.7 Å². The molecule has 116 valence electrons. The minimum absolute atomic E-state index is 0.0644. The van der Waals surface area contributed by atoms with Crippen LogP contribution in [0.2, 0.25) is 0 Å². The zero-order chi connectivity index (χ0) is 16.7. The van der Waals surface area contributed by atoms with Crippen molar-refractivity contribution >= 4 is 17.5 Å². The molecule has 2 aromatic carbocycles. The van der Waals surface area contributed by atoms with Crippen molar-refractivity contribution in [3.05, 3.63) is 58.1 Å². The first-order valence-electron chi connectivity index (χ1n) is 6.90. The predicted octanol–water partition coefficient (Wildman–Crippen LogP) is 1.89. The number of aromatic hydroxyl groups is 2. The lowest BCUT2D eigenvalue weighted by molar-refractivity contribution is -0.136. The van der Waals surface area contributed by atoms with Crippen molar-refractivity contribution in [1.29, 1.82) is 0 Å². The number of ketones is 2. The van der Waals surface area contributed by atoms with Crippen LogP contribution in [0.3, 0.4) is 0 Å². The number of carbonyl (C=O) groups excluding carboxylic acids is 2. The maximum atomic E-state index is 12.6. The Balaban J connectivity index is 2.20. The summed E-state index contributed by atoms with van der Waals surface area (Å²) in [5.41, 5.74) is -0.0865. The summed E-state index contributed by atoms with van der Waals surface area (Å²) in [4.78, 5) is 35.7. The lowest BCUT2D eigenvalue weighted by atomic mass is 9.81. The lowest BCUT2D eigenvalue weighted by Gasteiger charge is -2.20. The topological polar surface area (TPSA) is 112 Å². The summed E-state index contributed by atoms with van der Waals surface area (Å²) >= 11 is 0. The molecule has 0 radical (unpaired) electrons. The zero-order valence-electron chi connectivity index (χ0n) is 11.9. The van der Waals surface area contributed by atoms with Gasteiger partial charge in [0.15, 0.2) is 11.6 Å². The number of benzene rings is 2. The fourth-order valence-corrected chi connectivity index (χ4v) is 2.74. The number of rotatable bonds is 3. The third-order valence-corrected chi connectivity index (χ3v) is 3.84. The minimum Gasteiger partial charge on any atom is -0.507 e. The summed E-state index contributed by atoms with van der Waals surface area (Å²) in [7, 11) is 0. The van der Waals surface area contributed by atoms with Crippen molar-refractivity contribution in [3.63, 3.8) is 0 Å². The summed E-state index contributed by atoms with van der Waals surface area (Å²) in [6.07, 6.45) is -0.338. The van der Waals surface area contributed by atoms with Crippen molar-refractivity contribution in [2.24, 2.45) is 0 Å². The first-order chi connectivity index (χ1) is 10.9. The standard InChI is InChI=1S/C17H12O6/c18-11-7-8(5-6-12(19)20)15(21)14-13(11)16(22)9-3-1-2-4-10(9)17(14)23/h1-4,7,18,21H,5-6H2,(H,19,20). The highest BCUT2D eigenvalue weighted by molar-refractivity contribution is 6.30. The van der Waals surface area contributed by atoms with Crippen LogP contribution in [0.25, 0.3) is 0 Å². The summed E-state index contributed by atoms with van der Waals surface area (Å²) in [5, 5.41) is 29.2. The van der Waals surface area contributed by atoms with E-state index < -0.39 is 29.0 Å². The van der Waals surface area contributed by atoms with Crippen molar-refractivity contribution in [1.82, 2.24) is 0 Å². The van der Waals surface area contributed by atoms with E-state index in [9.17, 15) is 24.6 Å². The second-order valence-electron chi connectivity index (χ2n) is 5.25. The van der Waals surface area contributed by atoms with E-state index in [1.54, 1.807) is 12.1 Å². The molecule has 1 aliphatic rings. The molecule has 23 heavy (non-hydrogen) atoms. The van der Waals surface area contributed by atoms with Crippen molar-refractivity contribution in [2.75, 3.05) is 0 Å². The van der Waals surface area contributed by atoms with Crippen LogP contribution >= 0.6 is 0 Å². The van der Waals surface area contributed by atoms with Gasteiger partial charge in [-0.05, 0) is 18.1 Å². The van der Waals surface area contributed by atoms with Crippen LogP contribution in [0.5, 0.6) is 11.5 Å². The van der Waals surface area contributed by atoms with Crippen LogP contribution in [-0.4, -0.2) is 32.9 Å². The maximum absolute atomic E-state index is 12.6. The molecule has 0 aromatic heterocycles. The Morgan fingerprint density at radius 3 is 2.09 bits per heavy atom. The van der Waals surface area contributed by atoms with Crippen molar-refractivity contribution in [3.8, 4) is 11.5 Å². The second-order valence-corrected chi connectivity index (χ2v) is 5.25. The summed E-state index contributed by atoms with van der Waals surface area (Å²) < 4.78 is 0. The van der Waals surface area contributed by atoms with Gasteiger partial charge in [0.25, 0.3) is 0 Å². The normalized spacial score (nSPS) is 12.7. The number of fused-ring (bicyclic) bond motifs is 2. The monoisotopic (exact) mass is 312 g/mol. The third kappa shape index (κ3) is 2.24. The molecule has 0 amide bonds. The van der Waals surface area contributed by atoms with Gasteiger partial charge in [0.1, 0.15) is 11.5 Å². The first-order valence-corrected chi connectivity index (χ1v) is 6.90. The van der Waals surface area contributed by atoms with Gasteiger partial charge in [-0.3, -0.25) is 14.4 Å². The first kappa shape index (κ1) is 14.8. The predicted molar refractivity (Wildman–Crippen MR) is 79.0 cm³/mol. The highest BCUT2D eigenvalue weighted by Gasteiger charge is 2.35. The van der Waals surface area contributed by atoms with Crippen LogP contribution in [-0.2, 0) is 11.2 Å². The summed E-state index contributed by atoms with van der Waals surface area (Å²) in [6.45, 7) is 0. The Kier molecular flexibility index (Phi) is 3.37. The smallest absolute Gasteiger partial charge is 0.303 e. The minimum atomic E-state index is -1.07. The van der Waals surface area contributed by atoms with E-state index in [4.69, 9.17) is 5.11 Å². The number of phenolic OH excluding ortho intramolecular Hbond substituents is 2. The van der Waals surface area contributed by atoms with E-state index in [0.717, 1.165) is 6.07 Å². The number of hydrogen-bond donors (Lipinski definition) is 3. The maximum Gasteiger partial charge on any atom is 0.303 e. The van der Waals surface area contributed by atoms with E-state index in [0.29, 0.717) is 0 Å². The van der Waals surface area contributed by atoms with Crippen molar-refractivity contribution < 1.29 is 29.7 Å². The second kappa shape index (κ2) is 5.24. The Bertz CT molecular complexity index is 866. The molecule has 0 unspecified atom stereocenters. The molecule has 2 aromatic rings. The van der Waals surface area contributed by atoms with Gasteiger partial charge in [-0.25, -0.2) is 0 Å². The summed E-state index contributed by atoms with van der Waals surface area (Å²) in [5.74, 6) is -3.08. The molecule has 0 saturated heterocycles. The molecule has 3 N–H and O–H groups in total. The van der Waals surface area contributed by atoms with Gasteiger partial charge in [-0.2, -0.15) is 0 Å². The molecule has 0 spiro atoms. The SMILES string of the molecule is O=C(O)CCc1cc(O)c2c(c1O)C(=O)c1ccccc1C2=O. The van der Waals surface area contributed by atoms with Gasteiger partial charge in [0.05, 0.1) is 11.1 Å². The number of hydrogen-bond acceptors (Lipinski definition) is 5. The summed E-state index contributed by atoms with van der Waals surface area (Å²) in [6, 6.07) is 7.29. The molecule has 6 nitrogen and oxygen atoms in total. The van der Waals surface area contributed by atoms with E-state index in [2.05, 4.69) is 0 Å². The van der Waals surface area contributed by atoms with Gasteiger partial charge < -0.3 is 15.3 Å². The van der Waals surface area contributed by atoms with Crippen LogP contribution in [0.4, 0.5) is 0 Å². The van der Waals surface area contributed by atoms with Gasteiger partial charge >= 0.3 is 5.97 Å². The molecule has 0 saturated carbocycles. The molecule has 6 heteroatoms. The van der Waals surface area contributed by atoms with Gasteiger partial charge in [-0.1, -0.05) is 24.3 Å². The third-order valence-electron chi connectivity index (χ3n) is 3.84. The Hall–Kier alpha value is -3.15. The van der Waals surface area contributed by atoms with Crippen LogP contribution in [0.1, 0.15) is 43.8 Å². The molecule has 1 aliphatic carbocycles. The molecule has 3 rings (SSSR count). The quantitative estimate of drug-likeness (QED) is 0.637. The number of aryl methyl sites for hydroxylation is 1. The van der Waals surface area contributed by atoms with E-state index >= 15 is 0 Å².